The van der Waals surface area contributed by atoms with Crippen molar-refractivity contribution in [3.8, 4) is 0 Å². The van der Waals surface area contributed by atoms with Crippen LogP contribution in [0.1, 0.15) is 36.8 Å². The molecule has 0 bridgehead atoms. The van der Waals surface area contributed by atoms with E-state index in [0.717, 1.165) is 5.69 Å². The smallest absolute Gasteiger partial charge is 0.410 e. The van der Waals surface area contributed by atoms with Gasteiger partial charge in [-0.1, -0.05) is 0 Å². The van der Waals surface area contributed by atoms with E-state index < -0.39 is 17.3 Å². The number of aromatic nitrogens is 5. The number of imidazole rings is 1. The van der Waals surface area contributed by atoms with Gasteiger partial charge in [-0.05, 0) is 39.8 Å². The minimum atomic E-state index is -0.550. The van der Waals surface area contributed by atoms with Gasteiger partial charge in [-0.2, -0.15) is 15.0 Å². The first-order valence-corrected chi connectivity index (χ1v) is 12.0. The summed E-state index contributed by atoms with van der Waals surface area (Å²) in [6, 6.07) is 4.77. The molecule has 5 rings (SSSR count). The fourth-order valence-corrected chi connectivity index (χ4v) is 4.42. The zero-order chi connectivity index (χ0) is 26.5. The van der Waals surface area contributed by atoms with Crippen LogP contribution >= 0.6 is 0 Å². The van der Waals surface area contributed by atoms with Crippen molar-refractivity contribution in [1.82, 2.24) is 29.3 Å². The molecule has 0 atom stereocenters. The number of hydrogen-bond acceptors (Lipinski definition) is 7. The quantitative estimate of drug-likeness (QED) is 0.452. The Bertz CT molecular complexity index is 1510. The average Bonchev–Trinajstić information content (AvgIpc) is 3.39. The predicted molar refractivity (Wildman–Crippen MR) is 136 cm³/mol. The molecule has 4 aromatic rings. The summed E-state index contributed by atoms with van der Waals surface area (Å²) in [7, 11) is 1.69. The number of nitrogens with one attached hydrogen (secondary N) is 1. The number of amides is 2. The second-order valence-electron chi connectivity index (χ2n) is 10.1. The summed E-state index contributed by atoms with van der Waals surface area (Å²) in [5.74, 6) is -0.959. The Kier molecular flexibility index (Phi) is 5.97. The van der Waals surface area contributed by atoms with E-state index in [4.69, 9.17) is 4.74 Å². The van der Waals surface area contributed by atoms with E-state index in [1.54, 1.807) is 37.3 Å². The van der Waals surface area contributed by atoms with Gasteiger partial charge in [0.2, 0.25) is 0 Å². The van der Waals surface area contributed by atoms with Crippen molar-refractivity contribution in [2.45, 2.75) is 33.3 Å². The molecule has 0 spiro atoms. The maximum absolute atomic E-state index is 14.5. The van der Waals surface area contributed by atoms with Gasteiger partial charge in [0, 0.05) is 51.7 Å². The van der Waals surface area contributed by atoms with E-state index in [-0.39, 0.29) is 11.7 Å². The number of hydrogen-bond donors (Lipinski definition) is 1. The first-order chi connectivity index (χ1) is 17.5. The zero-order valence-electron chi connectivity index (χ0n) is 21.4. The molecule has 1 aromatic carbocycles. The lowest BCUT2D eigenvalue weighted by molar-refractivity contribution is 0.0240. The second kappa shape index (κ2) is 9.02. The minimum Gasteiger partial charge on any atom is -0.444 e. The monoisotopic (exact) mass is 508 g/mol. The van der Waals surface area contributed by atoms with E-state index in [2.05, 4.69) is 25.4 Å². The standard InChI is InChI=1S/C25H29FN8O3/c1-15-13-34-14-16(12-18(26)22(34)27-15)28-23(35)17-6-7-19(21-20(17)29-31(5)30-21)32-8-10-33(11-9-32)24(36)37-25(2,3)4/h6-7,12-14H,8-11H2,1-5H3,(H,28,35). The van der Waals surface area contributed by atoms with E-state index in [0.29, 0.717) is 54.2 Å². The van der Waals surface area contributed by atoms with Gasteiger partial charge in [0.1, 0.15) is 16.6 Å². The van der Waals surface area contributed by atoms with Crippen LogP contribution in [0, 0.1) is 12.7 Å². The summed E-state index contributed by atoms with van der Waals surface area (Å²) in [5.41, 5.74) is 2.78. The predicted octanol–water partition coefficient (Wildman–Crippen LogP) is 3.37. The van der Waals surface area contributed by atoms with E-state index in [9.17, 15) is 14.0 Å². The number of aryl methyl sites for hydroxylation is 2. The number of pyridine rings is 1. The highest BCUT2D eigenvalue weighted by Gasteiger charge is 2.28. The van der Waals surface area contributed by atoms with Crippen LogP contribution in [0.5, 0.6) is 0 Å². The topological polar surface area (TPSA) is 110 Å². The van der Waals surface area contributed by atoms with Crippen molar-refractivity contribution in [1.29, 1.82) is 0 Å². The molecular formula is C25H29FN8O3. The van der Waals surface area contributed by atoms with Gasteiger partial charge in [0.15, 0.2) is 11.5 Å². The summed E-state index contributed by atoms with van der Waals surface area (Å²) >= 11 is 0. The molecule has 1 aliphatic rings. The molecule has 1 aliphatic heterocycles. The van der Waals surface area contributed by atoms with Gasteiger partial charge in [-0.15, -0.1) is 0 Å². The lowest BCUT2D eigenvalue weighted by Crippen LogP contribution is -2.50. The van der Waals surface area contributed by atoms with Gasteiger partial charge in [-0.25, -0.2) is 14.2 Å². The molecule has 4 heterocycles. The Hall–Kier alpha value is -4.22. The number of benzene rings is 1. The summed E-state index contributed by atoms with van der Waals surface area (Å²) in [5, 5.41) is 11.7. The van der Waals surface area contributed by atoms with Crippen molar-refractivity contribution in [2.24, 2.45) is 7.05 Å². The number of halogens is 1. The van der Waals surface area contributed by atoms with Crippen molar-refractivity contribution in [3.63, 3.8) is 0 Å². The summed E-state index contributed by atoms with van der Waals surface area (Å²) < 4.78 is 21.5. The Morgan fingerprint density at radius 1 is 1.05 bits per heavy atom. The number of piperazine rings is 1. The molecule has 3 aromatic heterocycles. The number of anilines is 2. The van der Waals surface area contributed by atoms with Crippen LogP contribution in [0.3, 0.4) is 0 Å². The number of rotatable bonds is 3. The molecule has 194 valence electrons. The number of nitrogens with zero attached hydrogens (tertiary/aromatic N) is 7. The second-order valence-corrected chi connectivity index (χ2v) is 10.1. The first-order valence-electron chi connectivity index (χ1n) is 12.0. The summed E-state index contributed by atoms with van der Waals surface area (Å²) in [6.45, 7) is 9.47. The van der Waals surface area contributed by atoms with Gasteiger partial charge >= 0.3 is 6.09 Å². The first kappa shape index (κ1) is 24.5. The molecule has 0 saturated carbocycles. The molecule has 12 heteroatoms. The minimum absolute atomic E-state index is 0.197. The number of carbonyl (C=O) groups is 2. The maximum Gasteiger partial charge on any atom is 0.410 e. The molecule has 0 aliphatic carbocycles. The van der Waals surface area contributed by atoms with Crippen LogP contribution in [-0.2, 0) is 11.8 Å². The normalized spacial score (nSPS) is 14.4. The molecular weight excluding hydrogens is 479 g/mol. The van der Waals surface area contributed by atoms with Crippen LogP contribution in [0.4, 0.5) is 20.6 Å². The molecule has 37 heavy (non-hydrogen) atoms. The van der Waals surface area contributed by atoms with Crippen molar-refractivity contribution < 1.29 is 18.7 Å². The van der Waals surface area contributed by atoms with Crippen LogP contribution in [0.2, 0.25) is 0 Å². The largest absolute Gasteiger partial charge is 0.444 e. The Morgan fingerprint density at radius 3 is 2.46 bits per heavy atom. The summed E-state index contributed by atoms with van der Waals surface area (Å²) in [4.78, 5) is 35.0. The van der Waals surface area contributed by atoms with Crippen LogP contribution in [0.15, 0.2) is 30.6 Å². The fraction of sp³-hybridized carbons (Fsp3) is 0.400. The zero-order valence-corrected chi connectivity index (χ0v) is 21.4. The lowest BCUT2D eigenvalue weighted by atomic mass is 10.1. The van der Waals surface area contributed by atoms with Crippen molar-refractivity contribution in [2.75, 3.05) is 36.4 Å². The maximum atomic E-state index is 14.5. The van der Waals surface area contributed by atoms with Crippen LogP contribution < -0.4 is 10.2 Å². The highest BCUT2D eigenvalue weighted by molar-refractivity contribution is 6.13. The van der Waals surface area contributed by atoms with Gasteiger partial charge in [0.05, 0.1) is 22.6 Å². The third-order valence-corrected chi connectivity index (χ3v) is 6.02. The third-order valence-electron chi connectivity index (χ3n) is 6.02. The van der Waals surface area contributed by atoms with Gasteiger partial charge in [0.25, 0.3) is 5.91 Å². The van der Waals surface area contributed by atoms with Gasteiger partial charge < -0.3 is 24.3 Å². The number of ether oxygens (including phenoxy) is 1. The van der Waals surface area contributed by atoms with Crippen LogP contribution in [0.25, 0.3) is 16.7 Å². The molecule has 2 amide bonds. The Labute approximate surface area is 212 Å². The molecule has 1 saturated heterocycles. The highest BCUT2D eigenvalue weighted by Crippen LogP contribution is 2.29. The summed E-state index contributed by atoms with van der Waals surface area (Å²) in [6.07, 6.45) is 2.97. The highest BCUT2D eigenvalue weighted by atomic mass is 19.1. The van der Waals surface area contributed by atoms with Crippen LogP contribution in [-0.4, -0.2) is 73.1 Å². The van der Waals surface area contributed by atoms with E-state index in [1.807, 2.05) is 26.8 Å². The molecule has 0 radical (unpaired) electrons. The van der Waals surface area contributed by atoms with Crippen molar-refractivity contribution >= 4 is 40.1 Å². The lowest BCUT2D eigenvalue weighted by Gasteiger charge is -2.36. The average molecular weight is 509 g/mol. The van der Waals surface area contributed by atoms with Crippen molar-refractivity contribution in [3.05, 3.63) is 47.7 Å². The number of carbonyl (C=O) groups excluding carboxylic acids is 2. The molecule has 11 nitrogen and oxygen atoms in total. The third kappa shape index (κ3) is 4.91. The number of fused-ring (bicyclic) bond motifs is 2. The Balaban J connectivity index is 1.37. The van der Waals surface area contributed by atoms with E-state index in [1.165, 1.54) is 15.3 Å². The molecule has 1 N–H and O–H groups in total. The van der Waals surface area contributed by atoms with Gasteiger partial charge in [-0.3, -0.25) is 4.79 Å². The fourth-order valence-electron chi connectivity index (χ4n) is 4.42. The Morgan fingerprint density at radius 2 is 1.76 bits per heavy atom. The van der Waals surface area contributed by atoms with E-state index >= 15 is 0 Å². The SMILES string of the molecule is Cc1cn2cc(NC(=O)c3ccc(N4CCN(C(=O)OC(C)(C)C)CC4)c4nn(C)nc34)cc(F)c2n1. The molecule has 1 fully saturated rings. The molecule has 0 unspecified atom stereocenters.